The number of aliphatic carboxylic acids is 4. The number of aromatic hydroxyl groups is 4. The molecule has 0 bridgehead atoms. The van der Waals surface area contributed by atoms with Crippen molar-refractivity contribution in [1.29, 1.82) is 0 Å². The second-order valence-corrected chi connectivity index (χ2v) is 17.8. The highest BCUT2D eigenvalue weighted by atomic mass is 79.9. The zero-order valence-corrected chi connectivity index (χ0v) is 41.0. The summed E-state index contributed by atoms with van der Waals surface area (Å²) in [7, 11) is 0. The van der Waals surface area contributed by atoms with Crippen LogP contribution < -0.4 is 0 Å². The summed E-state index contributed by atoms with van der Waals surface area (Å²) in [6, 6.07) is 48.7. The monoisotopic (exact) mass is 1050 g/mol. The maximum absolute atomic E-state index is 10.8. The van der Waals surface area contributed by atoms with Gasteiger partial charge < -0.3 is 40.9 Å². The van der Waals surface area contributed by atoms with Crippen molar-refractivity contribution in [1.82, 2.24) is 0 Å². The van der Waals surface area contributed by atoms with Crippen LogP contribution in [0.5, 0.6) is 23.0 Å². The Kier molecular flexibility index (Phi) is 18.6. The number of carboxylic acids is 4. The van der Waals surface area contributed by atoms with Crippen LogP contribution in [0.4, 0.5) is 0 Å². The van der Waals surface area contributed by atoms with Crippen molar-refractivity contribution < 1.29 is 60.0 Å². The van der Waals surface area contributed by atoms with Gasteiger partial charge in [0, 0.05) is 62.1 Å². The molecule has 8 N–H and O–H groups in total. The summed E-state index contributed by atoms with van der Waals surface area (Å²) in [5, 5.41) is 82.3. The first-order valence-corrected chi connectivity index (χ1v) is 23.8. The van der Waals surface area contributed by atoms with Crippen molar-refractivity contribution in [2.24, 2.45) is 0 Å². The van der Waals surface area contributed by atoms with Crippen molar-refractivity contribution in [3.8, 4) is 34.1 Å². The number of hydrogen-bond acceptors (Lipinski definition) is 8. The van der Waals surface area contributed by atoms with E-state index in [1.54, 1.807) is 30.3 Å². The van der Waals surface area contributed by atoms with Gasteiger partial charge in [-0.05, 0) is 93.4 Å². The van der Waals surface area contributed by atoms with Gasteiger partial charge in [-0.1, -0.05) is 167 Å². The van der Waals surface area contributed by atoms with Crippen LogP contribution in [0.25, 0.3) is 54.2 Å². The van der Waals surface area contributed by atoms with Crippen molar-refractivity contribution in [2.75, 3.05) is 0 Å². The molecule has 0 radical (unpaired) electrons. The molecule has 0 aliphatic carbocycles. The van der Waals surface area contributed by atoms with E-state index in [1.165, 1.54) is 0 Å². The molecule has 0 saturated heterocycles. The van der Waals surface area contributed by atoms with E-state index < -0.39 is 23.9 Å². The first-order chi connectivity index (χ1) is 34.5. The molecule has 0 spiro atoms. The minimum absolute atomic E-state index is 0.000129. The first-order valence-electron chi connectivity index (χ1n) is 22.7. The van der Waals surface area contributed by atoms with E-state index in [4.69, 9.17) is 32.0 Å². The highest BCUT2D eigenvalue weighted by Gasteiger charge is 2.15. The number of carbonyl (C=O) groups is 4. The van der Waals surface area contributed by atoms with Crippen LogP contribution in [0.3, 0.4) is 0 Å². The molecule has 0 heterocycles. The number of phenolic OH excluding ortho intramolecular Hbond substituents is 4. The summed E-state index contributed by atoms with van der Waals surface area (Å²) in [6.07, 6.45) is 1.28. The summed E-state index contributed by atoms with van der Waals surface area (Å²) < 4.78 is 0.867. The maximum atomic E-state index is 10.8. The highest BCUT2D eigenvalue weighted by Crippen LogP contribution is 2.39. The average Bonchev–Trinajstić information content (AvgIpc) is 3.38. The van der Waals surface area contributed by atoms with E-state index in [2.05, 4.69) is 15.9 Å². The molecule has 0 aliphatic heterocycles. The van der Waals surface area contributed by atoms with Crippen LogP contribution in [-0.4, -0.2) is 64.7 Å². The fraction of sp³-hybridized carbons (Fsp3) is 0.138. The van der Waals surface area contributed by atoms with Crippen molar-refractivity contribution in [3.05, 3.63) is 189 Å². The minimum Gasteiger partial charge on any atom is -0.507 e. The Morgan fingerprint density at radius 2 is 0.736 bits per heavy atom. The molecule has 12 nitrogen and oxygen atoms in total. The molecule has 368 valence electrons. The second-order valence-electron chi connectivity index (χ2n) is 16.5. The van der Waals surface area contributed by atoms with E-state index >= 15 is 0 Å². The van der Waals surface area contributed by atoms with Gasteiger partial charge in [-0.25, -0.2) is 0 Å². The van der Waals surface area contributed by atoms with Crippen LogP contribution in [0.2, 0.25) is 5.02 Å². The van der Waals surface area contributed by atoms with E-state index in [0.29, 0.717) is 51.9 Å². The van der Waals surface area contributed by atoms with Crippen molar-refractivity contribution in [2.45, 2.75) is 51.4 Å². The zero-order valence-electron chi connectivity index (χ0n) is 38.6. The third-order valence-corrected chi connectivity index (χ3v) is 12.7. The molecule has 9 aromatic rings. The van der Waals surface area contributed by atoms with E-state index in [1.807, 2.05) is 127 Å². The van der Waals surface area contributed by atoms with Crippen molar-refractivity contribution in [3.63, 3.8) is 0 Å². The van der Waals surface area contributed by atoms with Gasteiger partial charge in [0.05, 0.1) is 0 Å². The maximum Gasteiger partial charge on any atom is 0.303 e. The van der Waals surface area contributed by atoms with Gasteiger partial charge in [0.25, 0.3) is 0 Å². The summed E-state index contributed by atoms with van der Waals surface area (Å²) in [5.74, 6) is -2.82. The zero-order chi connectivity index (χ0) is 51.9. The summed E-state index contributed by atoms with van der Waals surface area (Å²) in [4.78, 5) is 42.3. The Morgan fingerprint density at radius 3 is 1.25 bits per heavy atom. The lowest BCUT2D eigenvalue weighted by atomic mass is 9.93. The fourth-order valence-corrected chi connectivity index (χ4v) is 8.97. The van der Waals surface area contributed by atoms with Gasteiger partial charge in [-0.3, -0.25) is 19.2 Å². The molecular weight excluding hydrogens is 1000 g/mol. The molecular formula is C58H50BrClO12. The number of fused-ring (bicyclic) bond motifs is 4. The van der Waals surface area contributed by atoms with Gasteiger partial charge in [0.2, 0.25) is 0 Å². The standard InChI is InChI=1S/C19H16O3.C13H11BrO3.C13H11ClO3.C13H12O3/c20-18(21)11-10-14-12-17(13-6-2-1-3-7-13)15-8-4-5-9-16(15)19(14)22;2*14-11-7-8(5-6-12(15)16)13(17)10-4-2-1-3-9(10)11;14-12(15)8-7-10-6-5-9-3-1-2-4-11(9)13(10)16/h1-9,12,22H,10-11H2,(H,20,21);2*1-4,7,17H,5-6H2,(H,15,16);1-6,16H,7-8H2,(H,14,15). The van der Waals surface area contributed by atoms with E-state index in [-0.39, 0.29) is 55.1 Å². The van der Waals surface area contributed by atoms with E-state index in [9.17, 15) is 39.6 Å². The average molecular weight is 1050 g/mol. The van der Waals surface area contributed by atoms with Gasteiger partial charge in [-0.2, -0.15) is 0 Å². The Bertz CT molecular complexity index is 3310. The summed E-state index contributed by atoms with van der Waals surface area (Å²) >= 11 is 9.52. The fourth-order valence-electron chi connectivity index (χ4n) is 8.05. The summed E-state index contributed by atoms with van der Waals surface area (Å²) in [5.41, 5.74) is 4.62. The lowest BCUT2D eigenvalue weighted by Gasteiger charge is -2.13. The molecule has 14 heteroatoms. The topological polar surface area (TPSA) is 230 Å². The Hall–Kier alpha value is -8.13. The van der Waals surface area contributed by atoms with Crippen LogP contribution in [0, 0.1) is 0 Å². The largest absolute Gasteiger partial charge is 0.507 e. The molecule has 0 aliphatic rings. The predicted molar refractivity (Wildman–Crippen MR) is 284 cm³/mol. The first kappa shape index (κ1) is 53.2. The van der Waals surface area contributed by atoms with Crippen LogP contribution in [0.15, 0.2) is 162 Å². The normalized spacial score (nSPS) is 10.6. The number of aryl methyl sites for hydroxylation is 4. The third-order valence-electron chi connectivity index (χ3n) is 11.7. The third kappa shape index (κ3) is 13.8. The molecule has 9 aromatic carbocycles. The molecule has 0 unspecified atom stereocenters. The Balaban J connectivity index is 0.000000158. The van der Waals surface area contributed by atoms with Gasteiger partial charge in [-0.15, -0.1) is 0 Å². The van der Waals surface area contributed by atoms with Crippen molar-refractivity contribution >= 4 is 94.5 Å². The van der Waals surface area contributed by atoms with Crippen LogP contribution in [0.1, 0.15) is 47.9 Å². The van der Waals surface area contributed by atoms with Gasteiger partial charge in [0.1, 0.15) is 23.0 Å². The van der Waals surface area contributed by atoms with Gasteiger partial charge in [0.15, 0.2) is 0 Å². The number of carboxylic acid groups (broad SMARTS) is 4. The smallest absolute Gasteiger partial charge is 0.303 e. The van der Waals surface area contributed by atoms with Crippen LogP contribution >= 0.6 is 27.5 Å². The minimum atomic E-state index is -0.895. The number of halogens is 2. The predicted octanol–water partition coefficient (Wildman–Crippen LogP) is 13.3. The number of benzene rings is 9. The Labute approximate surface area is 427 Å². The molecule has 9 rings (SSSR count). The van der Waals surface area contributed by atoms with Gasteiger partial charge >= 0.3 is 23.9 Å². The lowest BCUT2D eigenvalue weighted by Crippen LogP contribution is -1.98. The van der Waals surface area contributed by atoms with E-state index in [0.717, 1.165) is 53.3 Å². The van der Waals surface area contributed by atoms with Crippen LogP contribution in [-0.2, 0) is 44.9 Å². The number of phenols is 4. The SMILES string of the molecule is O=C(O)CCc1cc(-c2ccccc2)c2ccccc2c1O.O=C(O)CCc1cc(Br)c2ccccc2c1O.O=C(O)CCc1cc(Cl)c2ccccc2c1O.O=C(O)CCc1ccc2ccccc2c1O. The number of hydrogen-bond donors (Lipinski definition) is 8. The second kappa shape index (κ2) is 25.1. The molecule has 0 aromatic heterocycles. The molecule has 0 amide bonds. The molecule has 0 fully saturated rings. The molecule has 72 heavy (non-hydrogen) atoms. The highest BCUT2D eigenvalue weighted by molar-refractivity contribution is 9.10. The molecule has 0 saturated carbocycles. The quantitative estimate of drug-likeness (QED) is 0.0539. The Morgan fingerprint density at radius 1 is 0.375 bits per heavy atom. The lowest BCUT2D eigenvalue weighted by molar-refractivity contribution is -0.138. The molecule has 0 atom stereocenters. The number of rotatable bonds is 13. The summed E-state index contributed by atoms with van der Waals surface area (Å²) in [6.45, 7) is 0.